The molecule has 0 bridgehead atoms. The fourth-order valence-electron chi connectivity index (χ4n) is 2.13. The number of aliphatic carboxylic acids is 1. The maximum absolute atomic E-state index is 13.6. The van der Waals surface area contributed by atoms with Crippen LogP contribution in [0.25, 0.3) is 0 Å². The average Bonchev–Trinajstić information content (AvgIpc) is 2.52. The zero-order chi connectivity index (χ0) is 18.6. The maximum atomic E-state index is 13.6. The van der Waals surface area contributed by atoms with Gasteiger partial charge in [-0.15, -0.1) is 0 Å². The number of ether oxygens (including phenoxy) is 1. The molecule has 0 unspecified atom stereocenters. The standard InChI is InChI=1S/C18H17F2NO4/c1-11(18(23)24)5-6-21-12(2)7-15(9-17(21)22)25-10-13-3-4-14(19)8-16(13)20/h3-5,7-9H,6,10H2,1-2H3,(H,23,24). The van der Waals surface area contributed by atoms with Crippen LogP contribution in [0, 0.1) is 18.6 Å². The van der Waals surface area contributed by atoms with Gasteiger partial charge in [0.25, 0.3) is 5.56 Å². The van der Waals surface area contributed by atoms with E-state index < -0.39 is 17.6 Å². The number of halogens is 2. The summed E-state index contributed by atoms with van der Waals surface area (Å²) in [7, 11) is 0. The lowest BCUT2D eigenvalue weighted by molar-refractivity contribution is -0.132. The lowest BCUT2D eigenvalue weighted by Crippen LogP contribution is -2.21. The van der Waals surface area contributed by atoms with E-state index in [1.165, 1.54) is 29.7 Å². The molecule has 0 saturated carbocycles. The van der Waals surface area contributed by atoms with Gasteiger partial charge in [0, 0.05) is 35.5 Å². The molecule has 7 heteroatoms. The fraction of sp³-hybridized carbons (Fsp3) is 0.222. The molecular weight excluding hydrogens is 332 g/mol. The number of allylic oxidation sites excluding steroid dienone is 1. The molecule has 25 heavy (non-hydrogen) atoms. The van der Waals surface area contributed by atoms with Gasteiger partial charge in [0.05, 0.1) is 0 Å². The molecule has 5 nitrogen and oxygen atoms in total. The van der Waals surface area contributed by atoms with Gasteiger partial charge in [0.1, 0.15) is 24.0 Å². The van der Waals surface area contributed by atoms with E-state index in [2.05, 4.69) is 0 Å². The molecule has 1 heterocycles. The van der Waals surface area contributed by atoms with E-state index in [9.17, 15) is 18.4 Å². The van der Waals surface area contributed by atoms with Crippen molar-refractivity contribution in [2.45, 2.75) is 27.0 Å². The highest BCUT2D eigenvalue weighted by atomic mass is 19.1. The first-order valence-electron chi connectivity index (χ1n) is 7.46. The van der Waals surface area contributed by atoms with Crippen LogP contribution in [0.1, 0.15) is 18.2 Å². The van der Waals surface area contributed by atoms with Gasteiger partial charge in [-0.1, -0.05) is 6.08 Å². The van der Waals surface area contributed by atoms with E-state index in [0.717, 1.165) is 12.1 Å². The molecule has 0 atom stereocenters. The fourth-order valence-corrected chi connectivity index (χ4v) is 2.13. The first-order valence-corrected chi connectivity index (χ1v) is 7.46. The van der Waals surface area contributed by atoms with Gasteiger partial charge in [-0.3, -0.25) is 4.79 Å². The van der Waals surface area contributed by atoms with Crippen molar-refractivity contribution in [2.75, 3.05) is 0 Å². The van der Waals surface area contributed by atoms with Gasteiger partial charge < -0.3 is 14.4 Å². The summed E-state index contributed by atoms with van der Waals surface area (Å²) in [5.74, 6) is -2.20. The smallest absolute Gasteiger partial charge is 0.331 e. The molecule has 0 fully saturated rings. The van der Waals surface area contributed by atoms with Crippen molar-refractivity contribution in [1.82, 2.24) is 4.57 Å². The summed E-state index contributed by atoms with van der Waals surface area (Å²) in [5.41, 5.74) is 0.502. The minimum Gasteiger partial charge on any atom is -0.489 e. The maximum Gasteiger partial charge on any atom is 0.331 e. The first-order chi connectivity index (χ1) is 11.8. The van der Waals surface area contributed by atoms with E-state index in [-0.39, 0.29) is 35.6 Å². The summed E-state index contributed by atoms with van der Waals surface area (Å²) in [5, 5.41) is 8.83. The molecule has 0 aliphatic rings. The highest BCUT2D eigenvalue weighted by molar-refractivity contribution is 5.85. The molecule has 0 radical (unpaired) electrons. The van der Waals surface area contributed by atoms with Gasteiger partial charge in [-0.2, -0.15) is 0 Å². The van der Waals surface area contributed by atoms with Crippen LogP contribution in [0.2, 0.25) is 0 Å². The van der Waals surface area contributed by atoms with Crippen molar-refractivity contribution in [1.29, 1.82) is 0 Å². The highest BCUT2D eigenvalue weighted by Crippen LogP contribution is 2.15. The van der Waals surface area contributed by atoms with Crippen molar-refractivity contribution >= 4 is 5.97 Å². The van der Waals surface area contributed by atoms with Crippen LogP contribution in [0.3, 0.4) is 0 Å². The van der Waals surface area contributed by atoms with E-state index in [1.807, 2.05) is 0 Å². The minimum atomic E-state index is -1.05. The minimum absolute atomic E-state index is 0.121. The van der Waals surface area contributed by atoms with E-state index in [4.69, 9.17) is 9.84 Å². The van der Waals surface area contributed by atoms with Crippen LogP contribution >= 0.6 is 0 Å². The van der Waals surface area contributed by atoms with E-state index in [1.54, 1.807) is 13.0 Å². The number of rotatable bonds is 6. The predicted octanol–water partition coefficient (Wildman–Crippen LogP) is 3.04. The topological polar surface area (TPSA) is 68.5 Å². The summed E-state index contributed by atoms with van der Waals surface area (Å²) in [6.45, 7) is 3.09. The molecule has 0 aliphatic carbocycles. The van der Waals surface area contributed by atoms with Crippen LogP contribution in [0.15, 0.2) is 46.8 Å². The third-order valence-electron chi connectivity index (χ3n) is 3.64. The second-order valence-electron chi connectivity index (χ2n) is 5.50. The number of hydrogen-bond donors (Lipinski definition) is 1. The van der Waals surface area contributed by atoms with Gasteiger partial charge in [-0.05, 0) is 32.0 Å². The third kappa shape index (κ3) is 4.76. The number of carbonyl (C=O) groups is 1. The summed E-state index contributed by atoms with van der Waals surface area (Å²) < 4.78 is 33.2. The SMILES string of the molecule is CC(=CCn1c(C)cc(OCc2ccc(F)cc2F)cc1=O)C(=O)O. The van der Waals surface area contributed by atoms with Crippen molar-refractivity contribution in [3.63, 3.8) is 0 Å². The molecule has 0 saturated heterocycles. The third-order valence-corrected chi connectivity index (χ3v) is 3.64. The van der Waals surface area contributed by atoms with Crippen molar-refractivity contribution in [3.05, 3.63) is 75.2 Å². The second kappa shape index (κ2) is 7.74. The average molecular weight is 349 g/mol. The molecule has 1 aromatic heterocycles. The van der Waals surface area contributed by atoms with E-state index >= 15 is 0 Å². The highest BCUT2D eigenvalue weighted by Gasteiger charge is 2.08. The molecule has 0 aliphatic heterocycles. The summed E-state index contributed by atoms with van der Waals surface area (Å²) >= 11 is 0. The Bertz CT molecular complexity index is 887. The molecule has 2 rings (SSSR count). The van der Waals surface area contributed by atoms with Crippen LogP contribution in [0.5, 0.6) is 5.75 Å². The Morgan fingerprint density at radius 3 is 2.60 bits per heavy atom. The number of carboxylic acids is 1. The molecule has 1 N–H and O–H groups in total. The van der Waals surface area contributed by atoms with Gasteiger partial charge in [0.15, 0.2) is 0 Å². The summed E-state index contributed by atoms with van der Waals surface area (Å²) in [4.78, 5) is 22.9. The molecule has 2 aromatic rings. The lowest BCUT2D eigenvalue weighted by Gasteiger charge is -2.12. The molecule has 0 spiro atoms. The van der Waals surface area contributed by atoms with Gasteiger partial charge in [-0.25, -0.2) is 13.6 Å². The Morgan fingerprint density at radius 1 is 1.28 bits per heavy atom. The molecule has 132 valence electrons. The number of hydrogen-bond acceptors (Lipinski definition) is 3. The Morgan fingerprint density at radius 2 is 2.00 bits per heavy atom. The Labute approximate surface area is 142 Å². The number of carboxylic acid groups (broad SMARTS) is 1. The zero-order valence-corrected chi connectivity index (χ0v) is 13.8. The zero-order valence-electron chi connectivity index (χ0n) is 13.8. The molecule has 1 aromatic carbocycles. The van der Waals surface area contributed by atoms with Crippen LogP contribution < -0.4 is 10.3 Å². The molecular formula is C18H17F2NO4. The van der Waals surface area contributed by atoms with Crippen LogP contribution in [-0.2, 0) is 17.9 Å². The summed E-state index contributed by atoms with van der Waals surface area (Å²) in [6, 6.07) is 5.99. The predicted molar refractivity (Wildman–Crippen MR) is 87.5 cm³/mol. The Balaban J connectivity index is 2.15. The van der Waals surface area contributed by atoms with E-state index in [0.29, 0.717) is 5.69 Å². The van der Waals surface area contributed by atoms with Gasteiger partial charge >= 0.3 is 5.97 Å². The number of aryl methyl sites for hydroxylation is 1. The Hall–Kier alpha value is -2.96. The summed E-state index contributed by atoms with van der Waals surface area (Å²) in [6.07, 6.45) is 1.44. The Kier molecular flexibility index (Phi) is 5.69. The monoisotopic (exact) mass is 349 g/mol. The van der Waals surface area contributed by atoms with Crippen molar-refractivity contribution < 1.29 is 23.4 Å². The first kappa shape index (κ1) is 18.4. The number of aromatic nitrogens is 1. The van der Waals surface area contributed by atoms with Crippen molar-refractivity contribution in [3.8, 4) is 5.75 Å². The molecule has 0 amide bonds. The normalized spacial score (nSPS) is 11.4. The lowest BCUT2D eigenvalue weighted by atomic mass is 10.2. The van der Waals surface area contributed by atoms with Crippen LogP contribution in [0.4, 0.5) is 8.78 Å². The van der Waals surface area contributed by atoms with Crippen LogP contribution in [-0.4, -0.2) is 15.6 Å². The number of benzene rings is 1. The second-order valence-corrected chi connectivity index (χ2v) is 5.50. The quantitative estimate of drug-likeness (QED) is 0.814. The number of pyridine rings is 1. The van der Waals surface area contributed by atoms with Gasteiger partial charge in [0.2, 0.25) is 0 Å². The number of nitrogens with zero attached hydrogens (tertiary/aromatic N) is 1. The largest absolute Gasteiger partial charge is 0.489 e. The van der Waals surface area contributed by atoms with Crippen molar-refractivity contribution in [2.24, 2.45) is 0 Å².